The summed E-state index contributed by atoms with van der Waals surface area (Å²) < 4.78 is 7.35. The van der Waals surface area contributed by atoms with Gasteiger partial charge in [-0.15, -0.1) is 11.3 Å². The molecule has 0 spiro atoms. The minimum atomic E-state index is 0.663. The molecule has 9 aromatic rings. The van der Waals surface area contributed by atoms with E-state index in [-0.39, 0.29) is 0 Å². The summed E-state index contributed by atoms with van der Waals surface area (Å²) in [5.41, 5.74) is 9.01. The van der Waals surface area contributed by atoms with Gasteiger partial charge < -0.3 is 9.13 Å². The van der Waals surface area contributed by atoms with Gasteiger partial charge in [-0.05, 0) is 66.9 Å². The van der Waals surface area contributed by atoms with Crippen LogP contribution in [0, 0.1) is 13.5 Å². The summed E-state index contributed by atoms with van der Waals surface area (Å²) in [7, 11) is 0. The van der Waals surface area contributed by atoms with Gasteiger partial charge >= 0.3 is 0 Å². The fraction of sp³-hybridized carbons (Fsp3) is 0.0263. The van der Waals surface area contributed by atoms with Crippen LogP contribution in [0.3, 0.4) is 0 Å². The molecule has 0 N–H and O–H groups in total. The summed E-state index contributed by atoms with van der Waals surface area (Å²) in [6, 6.07) is 43.5. The predicted octanol–water partition coefficient (Wildman–Crippen LogP) is 11.1. The summed E-state index contributed by atoms with van der Waals surface area (Å²) in [6.07, 6.45) is 0. The van der Waals surface area contributed by atoms with Crippen molar-refractivity contribution in [2.45, 2.75) is 6.92 Å². The molecule has 0 bridgehead atoms. The maximum atomic E-state index is 7.58. The van der Waals surface area contributed by atoms with Gasteiger partial charge in [0.15, 0.2) is 5.69 Å². The molecule has 0 aliphatic heterocycles. The normalized spacial score (nSPS) is 11.9. The monoisotopic (exact) mass is 553 g/mol. The molecule has 3 aromatic heterocycles. The fourth-order valence-electron chi connectivity index (χ4n) is 6.81. The topological polar surface area (TPSA) is 14.2 Å². The fourth-order valence-corrected chi connectivity index (χ4v) is 8.04. The first kappa shape index (κ1) is 23.3. The van der Waals surface area contributed by atoms with E-state index in [1.165, 1.54) is 53.2 Å². The highest BCUT2D eigenvalue weighted by Gasteiger charge is 2.20. The molecular formula is C38H23N3S. The van der Waals surface area contributed by atoms with Gasteiger partial charge in [-0.25, -0.2) is 4.85 Å². The summed E-state index contributed by atoms with van der Waals surface area (Å²) >= 11 is 1.86. The largest absolute Gasteiger partial charge is 0.309 e. The molecule has 0 unspecified atom stereocenters. The van der Waals surface area contributed by atoms with Gasteiger partial charge in [-0.2, -0.15) is 0 Å². The maximum Gasteiger partial charge on any atom is 0.188 e. The smallest absolute Gasteiger partial charge is 0.188 e. The molecule has 3 heterocycles. The number of rotatable bonds is 2. The lowest BCUT2D eigenvalue weighted by Crippen LogP contribution is -1.95. The van der Waals surface area contributed by atoms with Gasteiger partial charge in [0, 0.05) is 31.6 Å². The number of para-hydroxylation sites is 2. The van der Waals surface area contributed by atoms with Gasteiger partial charge in [0.25, 0.3) is 0 Å². The molecule has 0 aliphatic rings. The molecule has 9 rings (SSSR count). The maximum absolute atomic E-state index is 7.58. The van der Waals surface area contributed by atoms with E-state index in [0.29, 0.717) is 5.69 Å². The first-order valence-electron chi connectivity index (χ1n) is 14.1. The van der Waals surface area contributed by atoms with Crippen LogP contribution in [-0.4, -0.2) is 9.13 Å². The van der Waals surface area contributed by atoms with Gasteiger partial charge in [-0.1, -0.05) is 72.3 Å². The van der Waals surface area contributed by atoms with Crippen molar-refractivity contribution in [2.75, 3.05) is 0 Å². The van der Waals surface area contributed by atoms with Crippen molar-refractivity contribution in [2.24, 2.45) is 0 Å². The molecule has 196 valence electrons. The number of thiophene rings is 1. The van der Waals surface area contributed by atoms with Crippen molar-refractivity contribution in [1.29, 1.82) is 0 Å². The van der Waals surface area contributed by atoms with Gasteiger partial charge in [0.05, 0.1) is 44.7 Å². The number of aromatic nitrogens is 2. The summed E-state index contributed by atoms with van der Waals surface area (Å²) in [5.74, 6) is 0. The Morgan fingerprint density at radius 3 is 1.90 bits per heavy atom. The molecule has 0 amide bonds. The Labute approximate surface area is 245 Å². The third kappa shape index (κ3) is 3.09. The number of benzene rings is 6. The van der Waals surface area contributed by atoms with Crippen LogP contribution in [0.5, 0.6) is 0 Å². The third-order valence-electron chi connectivity index (χ3n) is 8.57. The van der Waals surface area contributed by atoms with E-state index in [2.05, 4.69) is 130 Å². The lowest BCUT2D eigenvalue weighted by atomic mass is 10.1. The van der Waals surface area contributed by atoms with E-state index < -0.39 is 0 Å². The Kier molecular flexibility index (Phi) is 4.76. The minimum absolute atomic E-state index is 0.663. The van der Waals surface area contributed by atoms with E-state index in [1.54, 1.807) is 0 Å². The van der Waals surface area contributed by atoms with Crippen LogP contribution in [0.1, 0.15) is 5.56 Å². The Morgan fingerprint density at radius 2 is 1.14 bits per heavy atom. The van der Waals surface area contributed by atoms with Crippen molar-refractivity contribution in [1.82, 2.24) is 9.13 Å². The van der Waals surface area contributed by atoms with Crippen molar-refractivity contribution in [3.05, 3.63) is 138 Å². The van der Waals surface area contributed by atoms with Crippen molar-refractivity contribution < 1.29 is 0 Å². The lowest BCUT2D eigenvalue weighted by Gasteiger charge is -2.11. The van der Waals surface area contributed by atoms with E-state index in [1.807, 2.05) is 23.5 Å². The van der Waals surface area contributed by atoms with Crippen LogP contribution in [0.2, 0.25) is 0 Å². The highest BCUT2D eigenvalue weighted by molar-refractivity contribution is 7.26. The van der Waals surface area contributed by atoms with E-state index in [4.69, 9.17) is 6.57 Å². The van der Waals surface area contributed by atoms with Gasteiger partial charge in [-0.3, -0.25) is 0 Å². The summed E-state index contributed by atoms with van der Waals surface area (Å²) in [6.45, 7) is 9.75. The second-order valence-electron chi connectivity index (χ2n) is 10.9. The Morgan fingerprint density at radius 1 is 0.548 bits per heavy atom. The Hall–Kier alpha value is -5.37. The molecule has 0 radical (unpaired) electrons. The zero-order chi connectivity index (χ0) is 27.9. The second kappa shape index (κ2) is 8.57. The van der Waals surface area contributed by atoms with E-state index in [0.717, 1.165) is 27.5 Å². The quantitative estimate of drug-likeness (QED) is 0.189. The molecule has 0 atom stereocenters. The number of nitrogens with zero attached hydrogens (tertiary/aromatic N) is 3. The van der Waals surface area contributed by atoms with Crippen LogP contribution in [0.4, 0.5) is 5.69 Å². The molecule has 42 heavy (non-hydrogen) atoms. The Bertz CT molecular complexity index is 2600. The zero-order valence-corrected chi connectivity index (χ0v) is 23.6. The SMILES string of the molecule is [C-]#[N+]c1ccc2c(c1)c1ccccc1n2-c1cccc2sc3c(-n4c5ccccc5c5cc(C)ccc54)cccc3c12. The van der Waals surface area contributed by atoms with Crippen LogP contribution in [0.15, 0.2) is 121 Å². The lowest BCUT2D eigenvalue weighted by molar-refractivity contribution is 1.20. The van der Waals surface area contributed by atoms with Crippen LogP contribution in [0.25, 0.3) is 80.0 Å². The van der Waals surface area contributed by atoms with Crippen LogP contribution >= 0.6 is 11.3 Å². The third-order valence-corrected chi connectivity index (χ3v) is 9.77. The molecule has 0 fully saturated rings. The molecule has 4 heteroatoms. The highest BCUT2D eigenvalue weighted by Crippen LogP contribution is 2.44. The van der Waals surface area contributed by atoms with Crippen LogP contribution in [-0.2, 0) is 0 Å². The number of aryl methyl sites for hydroxylation is 1. The molecule has 0 aliphatic carbocycles. The Balaban J connectivity index is 1.40. The molecule has 0 saturated carbocycles. The number of hydrogen-bond acceptors (Lipinski definition) is 1. The zero-order valence-electron chi connectivity index (χ0n) is 22.8. The standard InChI is InChI=1S/C38H23N3S/c1-23-17-19-32-28(21-23)25-9-3-6-13-31(25)41(32)35-15-7-11-27-37-34(14-8-16-36(37)42-38(27)35)40-30-12-5-4-10-26(30)29-22-24(39-2)18-20-33(29)40/h3-22H,1H3. The first-order valence-corrected chi connectivity index (χ1v) is 14.9. The first-order chi connectivity index (χ1) is 20.7. The van der Waals surface area contributed by atoms with Crippen LogP contribution < -0.4 is 0 Å². The number of fused-ring (bicyclic) bond motifs is 9. The molecule has 3 nitrogen and oxygen atoms in total. The summed E-state index contributed by atoms with van der Waals surface area (Å²) in [4.78, 5) is 3.71. The predicted molar refractivity (Wildman–Crippen MR) is 179 cm³/mol. The summed E-state index contributed by atoms with van der Waals surface area (Å²) in [5, 5.41) is 7.35. The average Bonchev–Trinajstić information content (AvgIpc) is 3.68. The van der Waals surface area contributed by atoms with E-state index in [9.17, 15) is 0 Å². The second-order valence-corrected chi connectivity index (χ2v) is 12.0. The van der Waals surface area contributed by atoms with Crippen molar-refractivity contribution in [3.63, 3.8) is 0 Å². The van der Waals surface area contributed by atoms with Gasteiger partial charge in [0.2, 0.25) is 0 Å². The molecular weight excluding hydrogens is 531 g/mol. The van der Waals surface area contributed by atoms with Gasteiger partial charge in [0.1, 0.15) is 0 Å². The minimum Gasteiger partial charge on any atom is -0.309 e. The van der Waals surface area contributed by atoms with Crippen molar-refractivity contribution in [3.8, 4) is 11.4 Å². The van der Waals surface area contributed by atoms with Crippen molar-refractivity contribution >= 4 is 80.8 Å². The highest BCUT2D eigenvalue weighted by atomic mass is 32.1. The number of hydrogen-bond donors (Lipinski definition) is 0. The molecule has 6 aromatic carbocycles. The average molecular weight is 554 g/mol. The van der Waals surface area contributed by atoms with E-state index >= 15 is 0 Å². The molecule has 0 saturated heterocycles.